The van der Waals surface area contributed by atoms with Crippen LogP contribution in [0.1, 0.15) is 12.8 Å². The van der Waals surface area contributed by atoms with Gasteiger partial charge in [-0.1, -0.05) is 6.58 Å². The third kappa shape index (κ3) is 4.44. The summed E-state index contributed by atoms with van der Waals surface area (Å²) in [4.78, 5) is 12.4. The maximum atomic E-state index is 12.4. The molecule has 1 heterocycles. The normalized spacial score (nSPS) is 16.0. The van der Waals surface area contributed by atoms with E-state index in [1.54, 1.807) is 24.2 Å². The number of hydrogen-bond acceptors (Lipinski definition) is 6. The molecule has 0 atom stereocenters. The third-order valence-corrected chi connectivity index (χ3v) is 3.95. The van der Waals surface area contributed by atoms with Crippen LogP contribution in [-0.2, 0) is 4.79 Å². The van der Waals surface area contributed by atoms with Crippen LogP contribution in [0.5, 0.6) is 5.75 Å². The summed E-state index contributed by atoms with van der Waals surface area (Å²) in [6.07, 6.45) is 1.69. The number of carbonyl (C=O) groups is 1. The number of carbonyl (C=O) groups excluding carboxylic acids is 1. The number of methoxy groups -OCH3 is 1. The van der Waals surface area contributed by atoms with Gasteiger partial charge < -0.3 is 10.1 Å². The zero-order valence-corrected chi connectivity index (χ0v) is 13.7. The van der Waals surface area contributed by atoms with Crippen LogP contribution in [0.3, 0.4) is 0 Å². The van der Waals surface area contributed by atoms with Crippen molar-refractivity contribution in [1.82, 2.24) is 15.8 Å². The van der Waals surface area contributed by atoms with E-state index in [2.05, 4.69) is 17.3 Å². The number of hydrazine groups is 2. The Bertz CT molecular complexity index is 538. The Kier molecular flexibility index (Phi) is 5.97. The van der Waals surface area contributed by atoms with Gasteiger partial charge in [0.2, 0.25) is 0 Å². The lowest BCUT2D eigenvalue weighted by atomic mass is 10.1. The summed E-state index contributed by atoms with van der Waals surface area (Å²) in [6.45, 7) is 5.48. The van der Waals surface area contributed by atoms with Crippen molar-refractivity contribution in [2.75, 3.05) is 32.3 Å². The fourth-order valence-corrected chi connectivity index (χ4v) is 2.57. The van der Waals surface area contributed by atoms with Gasteiger partial charge in [0, 0.05) is 26.2 Å². The van der Waals surface area contributed by atoms with Gasteiger partial charge >= 0.3 is 0 Å². The Morgan fingerprint density at radius 1 is 1.35 bits per heavy atom. The molecule has 1 aromatic rings. The SMILES string of the molecule is C=C(C(=O)NC1CCN(N)CC1)N(NC)c1ccc(OC)cc1. The van der Waals surface area contributed by atoms with Gasteiger partial charge in [-0.05, 0) is 37.1 Å². The molecule has 1 aliphatic rings. The highest BCUT2D eigenvalue weighted by molar-refractivity contribution is 5.96. The molecule has 1 aromatic carbocycles. The summed E-state index contributed by atoms with van der Waals surface area (Å²) >= 11 is 0. The number of nitrogens with zero attached hydrogens (tertiary/aromatic N) is 2. The summed E-state index contributed by atoms with van der Waals surface area (Å²) in [6, 6.07) is 7.53. The van der Waals surface area contributed by atoms with Gasteiger partial charge in [0.15, 0.2) is 0 Å². The van der Waals surface area contributed by atoms with E-state index in [-0.39, 0.29) is 11.9 Å². The van der Waals surface area contributed by atoms with Crippen LogP contribution < -0.4 is 26.3 Å². The zero-order valence-electron chi connectivity index (χ0n) is 13.7. The monoisotopic (exact) mass is 319 g/mol. The molecule has 0 radical (unpaired) electrons. The lowest BCUT2D eigenvalue weighted by molar-refractivity contribution is -0.118. The van der Waals surface area contributed by atoms with E-state index in [4.69, 9.17) is 10.6 Å². The maximum absolute atomic E-state index is 12.4. The van der Waals surface area contributed by atoms with Gasteiger partial charge in [-0.2, -0.15) is 0 Å². The number of benzene rings is 1. The van der Waals surface area contributed by atoms with Gasteiger partial charge in [-0.25, -0.2) is 10.4 Å². The number of rotatable bonds is 6. The van der Waals surface area contributed by atoms with E-state index in [1.165, 1.54) is 0 Å². The number of anilines is 1. The average Bonchev–Trinajstić information content (AvgIpc) is 2.58. The van der Waals surface area contributed by atoms with E-state index in [9.17, 15) is 4.79 Å². The number of piperidine rings is 1. The highest BCUT2D eigenvalue weighted by Gasteiger charge is 2.22. The molecule has 23 heavy (non-hydrogen) atoms. The Hall–Kier alpha value is -2.09. The van der Waals surface area contributed by atoms with Crippen LogP contribution in [0.4, 0.5) is 5.69 Å². The number of ether oxygens (including phenoxy) is 1. The second-order valence-corrected chi connectivity index (χ2v) is 5.49. The minimum atomic E-state index is -0.189. The number of hydrogen-bond donors (Lipinski definition) is 3. The van der Waals surface area contributed by atoms with Gasteiger partial charge in [-0.3, -0.25) is 15.6 Å². The molecule has 7 heteroatoms. The second kappa shape index (κ2) is 7.96. The predicted octanol–water partition coefficient (Wildman–Crippen LogP) is 0.604. The van der Waals surface area contributed by atoms with Gasteiger partial charge in [-0.15, -0.1) is 0 Å². The van der Waals surface area contributed by atoms with Crippen LogP contribution in [0.15, 0.2) is 36.5 Å². The molecule has 0 unspecified atom stereocenters. The molecule has 0 spiro atoms. The van der Waals surface area contributed by atoms with E-state index < -0.39 is 0 Å². The van der Waals surface area contributed by atoms with Gasteiger partial charge in [0.05, 0.1) is 12.8 Å². The molecular formula is C16H25N5O2. The van der Waals surface area contributed by atoms with E-state index in [1.807, 2.05) is 24.3 Å². The maximum Gasteiger partial charge on any atom is 0.268 e. The number of nitrogens with one attached hydrogen (secondary N) is 2. The summed E-state index contributed by atoms with van der Waals surface area (Å²) < 4.78 is 5.14. The fraction of sp³-hybridized carbons (Fsp3) is 0.438. The van der Waals surface area contributed by atoms with Crippen molar-refractivity contribution in [1.29, 1.82) is 0 Å². The fourth-order valence-electron chi connectivity index (χ4n) is 2.57. The van der Waals surface area contributed by atoms with Crippen molar-refractivity contribution < 1.29 is 9.53 Å². The minimum Gasteiger partial charge on any atom is -0.497 e. The standard InChI is InChI=1S/C16H25N5O2/c1-12(16(22)19-13-8-10-20(17)11-9-13)21(18-2)14-4-6-15(23-3)7-5-14/h4-7,13,18H,1,8-11,17H2,2-3H3,(H,19,22). The molecule has 0 aromatic heterocycles. The average molecular weight is 319 g/mol. The van der Waals surface area contributed by atoms with E-state index in [0.717, 1.165) is 37.4 Å². The van der Waals surface area contributed by atoms with E-state index in [0.29, 0.717) is 5.70 Å². The molecular weight excluding hydrogens is 294 g/mol. The zero-order chi connectivity index (χ0) is 16.8. The highest BCUT2D eigenvalue weighted by atomic mass is 16.5. The Balaban J connectivity index is 1.99. The first-order valence-corrected chi connectivity index (χ1v) is 7.66. The molecule has 0 saturated carbocycles. The predicted molar refractivity (Wildman–Crippen MR) is 90.6 cm³/mol. The van der Waals surface area contributed by atoms with Crippen LogP contribution in [-0.4, -0.2) is 44.2 Å². The van der Waals surface area contributed by atoms with Crippen molar-refractivity contribution in [3.63, 3.8) is 0 Å². The largest absolute Gasteiger partial charge is 0.497 e. The first kappa shape index (κ1) is 17.3. The van der Waals surface area contributed by atoms with Gasteiger partial charge in [0.1, 0.15) is 11.4 Å². The van der Waals surface area contributed by atoms with Crippen molar-refractivity contribution in [3.05, 3.63) is 36.5 Å². The Morgan fingerprint density at radius 2 is 1.96 bits per heavy atom. The molecule has 1 saturated heterocycles. The molecule has 4 N–H and O–H groups in total. The number of amides is 1. The molecule has 2 rings (SSSR count). The Labute approximate surface area is 137 Å². The quantitative estimate of drug-likeness (QED) is 0.405. The Morgan fingerprint density at radius 3 is 2.48 bits per heavy atom. The molecule has 1 fully saturated rings. The highest BCUT2D eigenvalue weighted by Crippen LogP contribution is 2.20. The van der Waals surface area contributed by atoms with Crippen LogP contribution in [0, 0.1) is 0 Å². The number of nitrogens with two attached hydrogens (primary N) is 1. The summed E-state index contributed by atoms with van der Waals surface area (Å²) in [5.74, 6) is 6.30. The summed E-state index contributed by atoms with van der Waals surface area (Å²) in [5.41, 5.74) is 4.14. The molecule has 0 aliphatic carbocycles. The van der Waals surface area contributed by atoms with Crippen LogP contribution >= 0.6 is 0 Å². The van der Waals surface area contributed by atoms with Crippen molar-refractivity contribution in [3.8, 4) is 5.75 Å². The lowest BCUT2D eigenvalue weighted by Crippen LogP contribution is -2.49. The van der Waals surface area contributed by atoms with E-state index >= 15 is 0 Å². The third-order valence-electron chi connectivity index (χ3n) is 3.95. The molecule has 7 nitrogen and oxygen atoms in total. The van der Waals surface area contributed by atoms with Gasteiger partial charge in [0.25, 0.3) is 5.91 Å². The topological polar surface area (TPSA) is 82.9 Å². The summed E-state index contributed by atoms with van der Waals surface area (Å²) in [5, 5.41) is 6.44. The first-order chi connectivity index (χ1) is 11.0. The smallest absolute Gasteiger partial charge is 0.268 e. The second-order valence-electron chi connectivity index (χ2n) is 5.49. The molecule has 0 bridgehead atoms. The van der Waals surface area contributed by atoms with Crippen molar-refractivity contribution >= 4 is 11.6 Å². The minimum absolute atomic E-state index is 0.133. The first-order valence-electron chi connectivity index (χ1n) is 7.66. The van der Waals surface area contributed by atoms with Crippen molar-refractivity contribution in [2.24, 2.45) is 5.84 Å². The van der Waals surface area contributed by atoms with Crippen molar-refractivity contribution in [2.45, 2.75) is 18.9 Å². The summed E-state index contributed by atoms with van der Waals surface area (Å²) in [7, 11) is 3.36. The van der Waals surface area contributed by atoms with Crippen LogP contribution in [0.2, 0.25) is 0 Å². The molecule has 1 aliphatic heterocycles. The lowest BCUT2D eigenvalue weighted by Gasteiger charge is -2.31. The molecule has 1 amide bonds. The van der Waals surface area contributed by atoms with Crippen LogP contribution in [0.25, 0.3) is 0 Å². The molecule has 126 valence electrons.